The number of rotatable bonds is 41. The number of hydrogen-bond donors (Lipinski definition) is 7. The van der Waals surface area contributed by atoms with E-state index < -0.39 is 92.7 Å². The maximum absolute atomic E-state index is 13.0. The minimum absolute atomic E-state index is 0.147. The summed E-state index contributed by atoms with van der Waals surface area (Å²) in [6, 6.07) is 0. The van der Waals surface area contributed by atoms with Crippen LogP contribution in [0, 0.1) is 0 Å². The first-order chi connectivity index (χ1) is 33.5. The molecule has 2 rings (SSSR count). The predicted molar refractivity (Wildman–Crippen MR) is 266 cm³/mol. The van der Waals surface area contributed by atoms with Gasteiger partial charge in [0.15, 0.2) is 18.7 Å². The molecular formula is C54H94O15. The highest BCUT2D eigenvalue weighted by Gasteiger charge is 2.47. The van der Waals surface area contributed by atoms with Gasteiger partial charge in [0.05, 0.1) is 19.8 Å². The average molecular weight is 983 g/mol. The van der Waals surface area contributed by atoms with Gasteiger partial charge in [0, 0.05) is 12.8 Å². The van der Waals surface area contributed by atoms with E-state index in [1.807, 2.05) is 0 Å². The Morgan fingerprint density at radius 1 is 0.464 bits per heavy atom. The van der Waals surface area contributed by atoms with Crippen molar-refractivity contribution in [3.63, 3.8) is 0 Å². The zero-order valence-electron chi connectivity index (χ0n) is 42.3. The molecule has 400 valence electrons. The number of aliphatic hydroxyl groups is 7. The van der Waals surface area contributed by atoms with E-state index in [-0.39, 0.29) is 26.1 Å². The van der Waals surface area contributed by atoms with Crippen LogP contribution < -0.4 is 0 Å². The summed E-state index contributed by atoms with van der Waals surface area (Å²) in [5.74, 6) is -0.946. The Labute approximate surface area is 414 Å². The molecule has 0 saturated carbocycles. The molecule has 15 nitrogen and oxygen atoms in total. The van der Waals surface area contributed by atoms with Crippen molar-refractivity contribution in [2.24, 2.45) is 0 Å². The van der Waals surface area contributed by atoms with Crippen LogP contribution in [-0.4, -0.2) is 142 Å². The van der Waals surface area contributed by atoms with Gasteiger partial charge in [-0.3, -0.25) is 9.59 Å². The van der Waals surface area contributed by atoms with Crippen LogP contribution in [0.1, 0.15) is 187 Å². The van der Waals surface area contributed by atoms with Crippen molar-refractivity contribution in [2.75, 3.05) is 26.4 Å². The Bertz CT molecular complexity index is 1390. The number of allylic oxidation sites excluding steroid dienone is 8. The van der Waals surface area contributed by atoms with Gasteiger partial charge in [-0.25, -0.2) is 0 Å². The maximum Gasteiger partial charge on any atom is 0.306 e. The van der Waals surface area contributed by atoms with Crippen LogP contribution >= 0.6 is 0 Å². The fraction of sp³-hybridized carbons (Fsp3) is 0.815. The molecule has 11 atom stereocenters. The molecule has 2 aliphatic heterocycles. The Kier molecular flexibility index (Phi) is 37.2. The van der Waals surface area contributed by atoms with Gasteiger partial charge < -0.3 is 64.2 Å². The number of esters is 2. The van der Waals surface area contributed by atoms with Gasteiger partial charge in [-0.1, -0.05) is 152 Å². The monoisotopic (exact) mass is 983 g/mol. The quantitative estimate of drug-likeness (QED) is 0.0176. The van der Waals surface area contributed by atoms with E-state index in [4.69, 9.17) is 28.4 Å². The van der Waals surface area contributed by atoms with Crippen LogP contribution in [0.15, 0.2) is 48.6 Å². The van der Waals surface area contributed by atoms with Crippen LogP contribution in [0.5, 0.6) is 0 Å². The van der Waals surface area contributed by atoms with Crippen LogP contribution in [0.4, 0.5) is 0 Å². The van der Waals surface area contributed by atoms with Gasteiger partial charge in [-0.15, -0.1) is 0 Å². The molecular weight excluding hydrogens is 889 g/mol. The summed E-state index contributed by atoms with van der Waals surface area (Å²) >= 11 is 0. The summed E-state index contributed by atoms with van der Waals surface area (Å²) in [6.45, 7) is 2.51. The molecule has 2 saturated heterocycles. The molecule has 2 aliphatic rings. The van der Waals surface area contributed by atoms with Crippen molar-refractivity contribution < 1.29 is 73.8 Å². The van der Waals surface area contributed by atoms with Crippen molar-refractivity contribution in [3.8, 4) is 0 Å². The topological polar surface area (TPSA) is 231 Å². The fourth-order valence-electron chi connectivity index (χ4n) is 8.09. The highest BCUT2D eigenvalue weighted by Crippen LogP contribution is 2.26. The van der Waals surface area contributed by atoms with E-state index in [9.17, 15) is 45.3 Å². The fourth-order valence-corrected chi connectivity index (χ4v) is 8.09. The van der Waals surface area contributed by atoms with Crippen LogP contribution in [0.25, 0.3) is 0 Å². The van der Waals surface area contributed by atoms with Gasteiger partial charge in [-0.2, -0.15) is 0 Å². The number of carbonyl (C=O) groups excluding carboxylic acids is 2. The lowest BCUT2D eigenvalue weighted by atomic mass is 9.98. The second-order valence-electron chi connectivity index (χ2n) is 18.7. The summed E-state index contributed by atoms with van der Waals surface area (Å²) in [5, 5.41) is 72.1. The Hall–Kier alpha value is -2.54. The lowest BCUT2D eigenvalue weighted by molar-refractivity contribution is -0.332. The molecule has 0 aromatic heterocycles. The van der Waals surface area contributed by atoms with E-state index in [2.05, 4.69) is 62.5 Å². The molecule has 2 heterocycles. The molecule has 0 radical (unpaired) electrons. The Morgan fingerprint density at radius 3 is 1.39 bits per heavy atom. The van der Waals surface area contributed by atoms with Gasteiger partial charge in [0.2, 0.25) is 0 Å². The lowest BCUT2D eigenvalue weighted by Crippen LogP contribution is -2.61. The molecule has 7 N–H and O–H groups in total. The summed E-state index contributed by atoms with van der Waals surface area (Å²) in [7, 11) is 0. The average Bonchev–Trinajstić information content (AvgIpc) is 3.34. The SMILES string of the molecule is CCCC/C=C/C/C=C/CCCCCCCC(=O)O[C@@H](COC(=O)CCCCCCCCCCC/C=C/C/C=C/CCCCC)CO[C@@H]1O[C@H](CO[C@@H]2O[C@H](CO)[C@H](O)C(O)C2O)[C@H](O)C(O)C1O. The molecule has 0 aliphatic carbocycles. The third-order valence-electron chi connectivity index (χ3n) is 12.5. The zero-order chi connectivity index (χ0) is 50.3. The third kappa shape index (κ3) is 28.9. The normalized spacial score (nSPS) is 25.9. The number of unbranched alkanes of at least 4 members (excludes halogenated alkanes) is 19. The van der Waals surface area contributed by atoms with E-state index >= 15 is 0 Å². The molecule has 15 heteroatoms. The number of aliphatic hydroxyl groups excluding tert-OH is 7. The van der Waals surface area contributed by atoms with Crippen LogP contribution in [0.2, 0.25) is 0 Å². The molecule has 0 spiro atoms. The first kappa shape index (κ1) is 62.6. The standard InChI is InChI=1S/C54H94O15/c1-3-5-7-9-11-13-15-17-19-20-21-22-23-25-26-28-30-32-34-36-45(56)64-39-42(67-46(57)37-35-33-31-29-27-24-18-16-14-12-10-8-6-4-2)40-65-53-52(63)50(61)48(59)44(69-53)41-66-54-51(62)49(60)47(58)43(38-55)68-54/h10-13,16-19,42-44,47-55,58-63H,3-9,14-15,20-41H2,1-2H3/b12-10+,13-11+,18-16+,19-17+/t42-,43+,44+,47-,48-,49?,50?,51?,52?,53+,54+/m0/s1. The Balaban J connectivity index is 1.79. The van der Waals surface area contributed by atoms with Gasteiger partial charge in [0.25, 0.3) is 0 Å². The summed E-state index contributed by atoms with van der Waals surface area (Å²) in [6.07, 6.45) is 28.4. The van der Waals surface area contributed by atoms with E-state index in [0.717, 1.165) is 77.0 Å². The second-order valence-corrected chi connectivity index (χ2v) is 18.7. The molecule has 0 amide bonds. The van der Waals surface area contributed by atoms with Gasteiger partial charge in [-0.05, 0) is 70.6 Å². The smallest absolute Gasteiger partial charge is 0.306 e. The number of hydrogen-bond acceptors (Lipinski definition) is 15. The first-order valence-corrected chi connectivity index (χ1v) is 26.7. The highest BCUT2D eigenvalue weighted by atomic mass is 16.7. The minimum Gasteiger partial charge on any atom is -0.462 e. The first-order valence-electron chi connectivity index (χ1n) is 26.7. The van der Waals surface area contributed by atoms with Crippen LogP contribution in [-0.2, 0) is 38.0 Å². The van der Waals surface area contributed by atoms with E-state index in [1.165, 1.54) is 70.6 Å². The minimum atomic E-state index is -1.77. The molecule has 4 unspecified atom stereocenters. The lowest BCUT2D eigenvalue weighted by Gasteiger charge is -2.42. The van der Waals surface area contributed by atoms with Gasteiger partial charge in [0.1, 0.15) is 55.4 Å². The predicted octanol–water partition coefficient (Wildman–Crippen LogP) is 7.88. The Morgan fingerprint density at radius 2 is 0.884 bits per heavy atom. The third-order valence-corrected chi connectivity index (χ3v) is 12.5. The van der Waals surface area contributed by atoms with Crippen molar-refractivity contribution >= 4 is 11.9 Å². The maximum atomic E-state index is 13.0. The summed E-state index contributed by atoms with van der Waals surface area (Å²) in [5.41, 5.74) is 0. The van der Waals surface area contributed by atoms with Crippen molar-refractivity contribution in [3.05, 3.63) is 48.6 Å². The largest absolute Gasteiger partial charge is 0.462 e. The van der Waals surface area contributed by atoms with Crippen molar-refractivity contribution in [1.82, 2.24) is 0 Å². The zero-order valence-corrected chi connectivity index (χ0v) is 42.3. The van der Waals surface area contributed by atoms with Crippen molar-refractivity contribution in [1.29, 1.82) is 0 Å². The molecule has 2 fully saturated rings. The second kappa shape index (κ2) is 41.0. The molecule has 0 aromatic carbocycles. The van der Waals surface area contributed by atoms with E-state index in [1.54, 1.807) is 0 Å². The molecule has 0 bridgehead atoms. The summed E-state index contributed by atoms with van der Waals surface area (Å²) in [4.78, 5) is 25.8. The molecule has 69 heavy (non-hydrogen) atoms. The number of ether oxygens (including phenoxy) is 6. The van der Waals surface area contributed by atoms with E-state index in [0.29, 0.717) is 12.8 Å². The van der Waals surface area contributed by atoms with Gasteiger partial charge >= 0.3 is 11.9 Å². The molecule has 0 aromatic rings. The van der Waals surface area contributed by atoms with Crippen molar-refractivity contribution in [2.45, 2.75) is 255 Å². The summed E-state index contributed by atoms with van der Waals surface area (Å²) < 4.78 is 33.6. The number of carbonyl (C=O) groups is 2. The highest BCUT2D eigenvalue weighted by molar-refractivity contribution is 5.70. The van der Waals surface area contributed by atoms with Crippen LogP contribution in [0.3, 0.4) is 0 Å².